The molecule has 0 amide bonds. The van der Waals surface area contributed by atoms with Gasteiger partial charge in [0.25, 0.3) is 0 Å². The second-order valence-electron chi connectivity index (χ2n) is 5.64. The molecule has 0 radical (unpaired) electrons. The Morgan fingerprint density at radius 2 is 2.32 bits per heavy atom. The number of nitrogens with zero attached hydrogens (tertiary/aromatic N) is 2. The Morgan fingerprint density at radius 3 is 2.89 bits per heavy atom. The Kier molecular flexibility index (Phi) is 4.99. The van der Waals surface area contributed by atoms with E-state index in [2.05, 4.69) is 37.4 Å². The Morgan fingerprint density at radius 1 is 1.47 bits per heavy atom. The van der Waals surface area contributed by atoms with Crippen molar-refractivity contribution >= 4 is 0 Å². The highest BCUT2D eigenvalue weighted by Gasteiger charge is 2.36. The van der Waals surface area contributed by atoms with Gasteiger partial charge in [-0.25, -0.2) is 0 Å². The quantitative estimate of drug-likeness (QED) is 0.858. The summed E-state index contributed by atoms with van der Waals surface area (Å²) in [6.07, 6.45) is 8.74. The molecule has 4 nitrogen and oxygen atoms in total. The molecule has 1 aliphatic heterocycles. The molecule has 4 heteroatoms. The predicted molar refractivity (Wildman–Crippen MR) is 77.3 cm³/mol. The fourth-order valence-electron chi connectivity index (χ4n) is 2.90. The smallest absolute Gasteiger partial charge is 0.0810 e. The van der Waals surface area contributed by atoms with Gasteiger partial charge in [0.15, 0.2) is 0 Å². The summed E-state index contributed by atoms with van der Waals surface area (Å²) < 4.78 is 8.08. The van der Waals surface area contributed by atoms with Crippen molar-refractivity contribution in [1.82, 2.24) is 15.1 Å². The zero-order valence-corrected chi connectivity index (χ0v) is 12.5. The molecule has 2 heterocycles. The van der Waals surface area contributed by atoms with E-state index in [1.54, 1.807) is 0 Å². The summed E-state index contributed by atoms with van der Waals surface area (Å²) in [5.74, 6) is 0. The Labute approximate surface area is 116 Å². The van der Waals surface area contributed by atoms with Crippen LogP contribution in [0.5, 0.6) is 0 Å². The maximum absolute atomic E-state index is 6.10. The predicted octanol–water partition coefficient (Wildman–Crippen LogP) is 2.38. The van der Waals surface area contributed by atoms with Gasteiger partial charge in [0.1, 0.15) is 0 Å². The second kappa shape index (κ2) is 6.53. The van der Waals surface area contributed by atoms with Crippen LogP contribution in [0.4, 0.5) is 0 Å². The highest BCUT2D eigenvalue weighted by Crippen LogP contribution is 2.29. The van der Waals surface area contributed by atoms with Crippen LogP contribution in [0.3, 0.4) is 0 Å². The molecule has 0 aromatic carbocycles. The van der Waals surface area contributed by atoms with E-state index in [9.17, 15) is 0 Å². The molecule has 1 N–H and O–H groups in total. The molecular weight excluding hydrogens is 238 g/mol. The topological polar surface area (TPSA) is 39.1 Å². The highest BCUT2D eigenvalue weighted by atomic mass is 16.5. The van der Waals surface area contributed by atoms with Gasteiger partial charge in [-0.1, -0.05) is 6.92 Å². The highest BCUT2D eigenvalue weighted by molar-refractivity contribution is 5.09. The van der Waals surface area contributed by atoms with Gasteiger partial charge >= 0.3 is 0 Å². The Hall–Kier alpha value is -0.870. The summed E-state index contributed by atoms with van der Waals surface area (Å²) in [4.78, 5) is 0. The van der Waals surface area contributed by atoms with Crippen molar-refractivity contribution in [2.24, 2.45) is 0 Å². The van der Waals surface area contributed by atoms with Gasteiger partial charge in [-0.05, 0) is 51.6 Å². The molecule has 0 saturated carbocycles. The van der Waals surface area contributed by atoms with E-state index in [0.29, 0.717) is 6.04 Å². The molecular formula is C15H27N3O. The van der Waals surface area contributed by atoms with Crippen LogP contribution in [0.2, 0.25) is 0 Å². The normalized spacial score (nSPS) is 25.4. The van der Waals surface area contributed by atoms with Crippen LogP contribution in [0.1, 0.15) is 45.6 Å². The average molecular weight is 265 g/mol. The number of ether oxygens (including phenoxy) is 1. The van der Waals surface area contributed by atoms with E-state index in [0.717, 1.165) is 32.5 Å². The molecule has 1 aromatic heterocycles. The maximum atomic E-state index is 6.10. The molecule has 2 rings (SSSR count). The molecule has 0 spiro atoms. The third-order valence-corrected chi connectivity index (χ3v) is 4.14. The van der Waals surface area contributed by atoms with Gasteiger partial charge in [0.2, 0.25) is 0 Å². The molecule has 1 saturated heterocycles. The van der Waals surface area contributed by atoms with Crippen molar-refractivity contribution in [1.29, 1.82) is 0 Å². The van der Waals surface area contributed by atoms with Crippen LogP contribution in [-0.2, 0) is 17.7 Å². The molecule has 1 fully saturated rings. The lowest BCUT2D eigenvalue weighted by Gasteiger charge is -2.41. The van der Waals surface area contributed by atoms with Crippen LogP contribution >= 0.6 is 0 Å². The zero-order valence-electron chi connectivity index (χ0n) is 12.5. The van der Waals surface area contributed by atoms with E-state index in [4.69, 9.17) is 4.74 Å². The summed E-state index contributed by atoms with van der Waals surface area (Å²) in [6, 6.07) is 0.368. The van der Waals surface area contributed by atoms with E-state index in [-0.39, 0.29) is 5.60 Å². The van der Waals surface area contributed by atoms with Gasteiger partial charge in [0, 0.05) is 25.4 Å². The lowest BCUT2D eigenvalue weighted by Crippen LogP contribution is -2.53. The lowest BCUT2D eigenvalue weighted by molar-refractivity contribution is -0.0881. The molecule has 108 valence electrons. The molecule has 1 aromatic rings. The standard InChI is InChI=1S/C15H27N3O/c1-4-16-14(15(3)8-6-7-9-19-15)10-13-11-17-18(5-2)12-13/h11-12,14,16H,4-10H2,1-3H3. The van der Waals surface area contributed by atoms with Crippen LogP contribution in [0.25, 0.3) is 0 Å². The van der Waals surface area contributed by atoms with Crippen molar-refractivity contribution in [2.45, 2.75) is 64.6 Å². The van der Waals surface area contributed by atoms with Crippen molar-refractivity contribution < 1.29 is 4.74 Å². The van der Waals surface area contributed by atoms with Crippen molar-refractivity contribution in [3.63, 3.8) is 0 Å². The lowest BCUT2D eigenvalue weighted by atomic mass is 9.85. The van der Waals surface area contributed by atoms with Crippen molar-refractivity contribution in [3.05, 3.63) is 18.0 Å². The summed E-state index contributed by atoms with van der Waals surface area (Å²) in [7, 11) is 0. The van der Waals surface area contributed by atoms with Gasteiger partial charge in [-0.3, -0.25) is 4.68 Å². The molecule has 2 unspecified atom stereocenters. The molecule has 19 heavy (non-hydrogen) atoms. The summed E-state index contributed by atoms with van der Waals surface area (Å²) >= 11 is 0. The maximum Gasteiger partial charge on any atom is 0.0810 e. The van der Waals surface area contributed by atoms with Crippen molar-refractivity contribution in [2.75, 3.05) is 13.2 Å². The molecule has 1 aliphatic rings. The summed E-state index contributed by atoms with van der Waals surface area (Å²) in [5.41, 5.74) is 1.26. The van der Waals surface area contributed by atoms with E-state index in [1.807, 2.05) is 10.9 Å². The monoisotopic (exact) mass is 265 g/mol. The van der Waals surface area contributed by atoms with Gasteiger partial charge < -0.3 is 10.1 Å². The first-order valence-corrected chi connectivity index (χ1v) is 7.56. The average Bonchev–Trinajstić information content (AvgIpc) is 2.87. The largest absolute Gasteiger partial charge is 0.374 e. The summed E-state index contributed by atoms with van der Waals surface area (Å²) in [6.45, 7) is 9.33. The molecule has 2 atom stereocenters. The van der Waals surface area contributed by atoms with Crippen LogP contribution < -0.4 is 5.32 Å². The minimum Gasteiger partial charge on any atom is -0.374 e. The fraction of sp³-hybridized carbons (Fsp3) is 0.800. The number of aromatic nitrogens is 2. The minimum absolute atomic E-state index is 0.0391. The van der Waals surface area contributed by atoms with Gasteiger partial charge in [0.05, 0.1) is 11.8 Å². The molecule has 0 aliphatic carbocycles. The Balaban J connectivity index is 2.06. The number of hydrogen-bond donors (Lipinski definition) is 1. The van der Waals surface area contributed by atoms with Gasteiger partial charge in [-0.15, -0.1) is 0 Å². The van der Waals surface area contributed by atoms with E-state index >= 15 is 0 Å². The third-order valence-electron chi connectivity index (χ3n) is 4.14. The van der Waals surface area contributed by atoms with E-state index in [1.165, 1.54) is 18.4 Å². The molecule has 0 bridgehead atoms. The zero-order chi connectivity index (χ0) is 13.7. The number of rotatable bonds is 6. The fourth-order valence-corrected chi connectivity index (χ4v) is 2.90. The number of likely N-dealkylation sites (N-methyl/N-ethyl adjacent to an activating group) is 1. The Bertz CT molecular complexity index is 382. The van der Waals surface area contributed by atoms with Crippen LogP contribution in [0.15, 0.2) is 12.4 Å². The number of hydrogen-bond acceptors (Lipinski definition) is 3. The SMILES string of the molecule is CCNC(Cc1cnn(CC)c1)C1(C)CCCCO1. The van der Waals surface area contributed by atoms with Crippen LogP contribution in [0, 0.1) is 0 Å². The number of nitrogens with one attached hydrogen (secondary N) is 1. The van der Waals surface area contributed by atoms with Crippen LogP contribution in [-0.4, -0.2) is 34.6 Å². The van der Waals surface area contributed by atoms with Crippen molar-refractivity contribution in [3.8, 4) is 0 Å². The first-order chi connectivity index (χ1) is 9.18. The van der Waals surface area contributed by atoms with Gasteiger partial charge in [-0.2, -0.15) is 5.10 Å². The summed E-state index contributed by atoms with van der Waals surface area (Å²) in [5, 5.41) is 7.97. The third kappa shape index (κ3) is 3.57. The second-order valence-corrected chi connectivity index (χ2v) is 5.64. The first kappa shape index (κ1) is 14.5. The first-order valence-electron chi connectivity index (χ1n) is 7.56. The minimum atomic E-state index is -0.0391. The van der Waals surface area contributed by atoms with E-state index < -0.39 is 0 Å². The number of aryl methyl sites for hydroxylation is 1.